The lowest BCUT2D eigenvalue weighted by atomic mass is 10.1. The van der Waals surface area contributed by atoms with E-state index < -0.39 is 10.0 Å². The predicted octanol–water partition coefficient (Wildman–Crippen LogP) is -0.00540. The van der Waals surface area contributed by atoms with Crippen LogP contribution < -0.4 is 9.62 Å². The number of aromatic nitrogens is 2. The molecule has 1 fully saturated rings. The Bertz CT molecular complexity index is 462. The first-order valence-electron chi connectivity index (χ1n) is 5.54. The molecule has 1 aliphatic heterocycles. The fraction of sp³-hybridized carbons (Fsp3) is 0.600. The van der Waals surface area contributed by atoms with Crippen molar-refractivity contribution in [3.05, 3.63) is 18.5 Å². The van der Waals surface area contributed by atoms with Gasteiger partial charge >= 0.3 is 0 Å². The molecule has 1 aromatic rings. The van der Waals surface area contributed by atoms with Crippen LogP contribution in [0.15, 0.2) is 18.5 Å². The molecule has 7 heteroatoms. The Morgan fingerprint density at radius 1 is 1.41 bits per heavy atom. The van der Waals surface area contributed by atoms with Crippen LogP contribution >= 0.6 is 0 Å². The number of piperidine rings is 1. The molecule has 1 aromatic heterocycles. The fourth-order valence-corrected chi connectivity index (χ4v) is 2.81. The maximum Gasteiger partial charge on any atom is 0.225 e. The molecule has 1 N–H and O–H groups in total. The molecular formula is C10H16N4O2S. The van der Waals surface area contributed by atoms with Crippen LogP contribution in [-0.2, 0) is 10.0 Å². The predicted molar refractivity (Wildman–Crippen MR) is 65.2 cm³/mol. The summed E-state index contributed by atoms with van der Waals surface area (Å²) in [5, 5.41) is 0. The minimum absolute atomic E-state index is 0.0532. The topological polar surface area (TPSA) is 75.2 Å². The van der Waals surface area contributed by atoms with Gasteiger partial charge in [-0.1, -0.05) is 0 Å². The van der Waals surface area contributed by atoms with Gasteiger partial charge in [0.1, 0.15) is 0 Å². The van der Waals surface area contributed by atoms with Crippen molar-refractivity contribution in [2.45, 2.75) is 18.9 Å². The van der Waals surface area contributed by atoms with Gasteiger partial charge in [0.15, 0.2) is 0 Å². The zero-order chi connectivity index (χ0) is 12.3. The standard InChI is InChI=1S/C10H16N4O2S/c1-17(15,16)13-9-4-2-7-14(8-9)10-11-5-3-6-12-10/h3,5-6,9,13H,2,4,7-8H2,1H3. The lowest BCUT2D eigenvalue weighted by molar-refractivity contribution is 0.463. The van der Waals surface area contributed by atoms with Gasteiger partial charge in [0.2, 0.25) is 16.0 Å². The third-order valence-electron chi connectivity index (χ3n) is 2.64. The number of rotatable bonds is 3. The summed E-state index contributed by atoms with van der Waals surface area (Å²) < 4.78 is 25.0. The van der Waals surface area contributed by atoms with E-state index in [-0.39, 0.29) is 6.04 Å². The first-order valence-corrected chi connectivity index (χ1v) is 7.43. The molecule has 0 bridgehead atoms. The molecule has 2 rings (SSSR count). The summed E-state index contributed by atoms with van der Waals surface area (Å²) in [6.07, 6.45) is 6.36. The second kappa shape index (κ2) is 4.97. The van der Waals surface area contributed by atoms with Crippen LogP contribution in [0.1, 0.15) is 12.8 Å². The molecule has 0 amide bonds. The molecule has 0 saturated carbocycles. The Balaban J connectivity index is 2.03. The number of nitrogens with one attached hydrogen (secondary N) is 1. The van der Waals surface area contributed by atoms with Gasteiger partial charge in [-0.2, -0.15) is 0 Å². The Kier molecular flexibility index (Phi) is 3.58. The summed E-state index contributed by atoms with van der Waals surface area (Å²) in [6.45, 7) is 1.49. The fourth-order valence-electron chi connectivity index (χ4n) is 2.01. The van der Waals surface area contributed by atoms with E-state index in [9.17, 15) is 8.42 Å². The third kappa shape index (κ3) is 3.64. The zero-order valence-corrected chi connectivity index (χ0v) is 10.5. The summed E-state index contributed by atoms with van der Waals surface area (Å²) in [4.78, 5) is 10.3. The summed E-state index contributed by atoms with van der Waals surface area (Å²) in [6, 6.07) is 1.71. The Hall–Kier alpha value is -1.21. The van der Waals surface area contributed by atoms with Crippen LogP contribution in [-0.4, -0.2) is 43.8 Å². The van der Waals surface area contributed by atoms with E-state index in [1.54, 1.807) is 18.5 Å². The normalized spacial score (nSPS) is 21.5. The molecule has 1 saturated heterocycles. The average molecular weight is 256 g/mol. The molecule has 0 radical (unpaired) electrons. The molecule has 0 spiro atoms. The Morgan fingerprint density at radius 2 is 2.12 bits per heavy atom. The van der Waals surface area contributed by atoms with Gasteiger partial charge < -0.3 is 4.90 Å². The summed E-state index contributed by atoms with van der Waals surface area (Å²) in [5.41, 5.74) is 0. The zero-order valence-electron chi connectivity index (χ0n) is 9.70. The van der Waals surface area contributed by atoms with Gasteiger partial charge in [-0.25, -0.2) is 23.1 Å². The smallest absolute Gasteiger partial charge is 0.225 e. The highest BCUT2D eigenvalue weighted by molar-refractivity contribution is 7.88. The maximum absolute atomic E-state index is 11.2. The van der Waals surface area contributed by atoms with Crippen LogP contribution in [0.2, 0.25) is 0 Å². The minimum Gasteiger partial charge on any atom is -0.339 e. The largest absolute Gasteiger partial charge is 0.339 e. The molecule has 0 aromatic carbocycles. The molecular weight excluding hydrogens is 240 g/mol. The van der Waals surface area contributed by atoms with Crippen LogP contribution in [0, 0.1) is 0 Å². The number of nitrogens with zero attached hydrogens (tertiary/aromatic N) is 3. The van der Waals surface area contributed by atoms with Crippen molar-refractivity contribution in [1.29, 1.82) is 0 Å². The van der Waals surface area contributed by atoms with E-state index in [1.165, 1.54) is 6.26 Å². The quantitative estimate of drug-likeness (QED) is 0.823. The van der Waals surface area contributed by atoms with Gasteiger partial charge in [-0.3, -0.25) is 0 Å². The van der Waals surface area contributed by atoms with Crippen molar-refractivity contribution in [3.63, 3.8) is 0 Å². The Morgan fingerprint density at radius 3 is 2.76 bits per heavy atom. The highest BCUT2D eigenvalue weighted by atomic mass is 32.2. The minimum atomic E-state index is -3.15. The van der Waals surface area contributed by atoms with Crippen molar-refractivity contribution < 1.29 is 8.42 Å². The molecule has 17 heavy (non-hydrogen) atoms. The van der Waals surface area contributed by atoms with Crippen molar-refractivity contribution in [2.75, 3.05) is 24.2 Å². The summed E-state index contributed by atoms with van der Waals surface area (Å²) >= 11 is 0. The SMILES string of the molecule is CS(=O)(=O)NC1CCCN(c2ncccn2)C1. The molecule has 6 nitrogen and oxygen atoms in total. The van der Waals surface area contributed by atoms with Gasteiger partial charge in [-0.15, -0.1) is 0 Å². The highest BCUT2D eigenvalue weighted by Gasteiger charge is 2.23. The van der Waals surface area contributed by atoms with Gasteiger partial charge in [0.05, 0.1) is 6.26 Å². The highest BCUT2D eigenvalue weighted by Crippen LogP contribution is 2.15. The van der Waals surface area contributed by atoms with Crippen LogP contribution in [0.5, 0.6) is 0 Å². The first kappa shape index (κ1) is 12.3. The van der Waals surface area contributed by atoms with Crippen LogP contribution in [0.4, 0.5) is 5.95 Å². The van der Waals surface area contributed by atoms with E-state index >= 15 is 0 Å². The van der Waals surface area contributed by atoms with Crippen LogP contribution in [0.3, 0.4) is 0 Å². The van der Waals surface area contributed by atoms with E-state index in [0.717, 1.165) is 19.4 Å². The molecule has 1 unspecified atom stereocenters. The maximum atomic E-state index is 11.2. The van der Waals surface area contributed by atoms with Crippen molar-refractivity contribution in [1.82, 2.24) is 14.7 Å². The van der Waals surface area contributed by atoms with Gasteiger partial charge in [-0.05, 0) is 18.9 Å². The van der Waals surface area contributed by atoms with Crippen molar-refractivity contribution >= 4 is 16.0 Å². The van der Waals surface area contributed by atoms with Crippen LogP contribution in [0.25, 0.3) is 0 Å². The second-order valence-corrected chi connectivity index (χ2v) is 6.00. The van der Waals surface area contributed by atoms with E-state index in [0.29, 0.717) is 12.5 Å². The third-order valence-corrected chi connectivity index (χ3v) is 3.40. The number of hydrogen-bond donors (Lipinski definition) is 1. The molecule has 94 valence electrons. The average Bonchev–Trinajstić information content (AvgIpc) is 2.28. The molecule has 0 aliphatic carbocycles. The first-order chi connectivity index (χ1) is 8.04. The lowest BCUT2D eigenvalue weighted by Gasteiger charge is -2.32. The molecule has 1 atom stereocenters. The molecule has 2 heterocycles. The summed E-state index contributed by atoms with van der Waals surface area (Å²) in [7, 11) is -3.15. The lowest BCUT2D eigenvalue weighted by Crippen LogP contribution is -2.47. The van der Waals surface area contributed by atoms with Crippen molar-refractivity contribution in [2.24, 2.45) is 0 Å². The van der Waals surface area contributed by atoms with Gasteiger partial charge in [0, 0.05) is 31.5 Å². The number of anilines is 1. The second-order valence-electron chi connectivity index (χ2n) is 4.22. The molecule has 1 aliphatic rings. The Labute approximate surface area is 101 Å². The summed E-state index contributed by atoms with van der Waals surface area (Å²) in [5.74, 6) is 0.660. The van der Waals surface area contributed by atoms with Gasteiger partial charge in [0.25, 0.3) is 0 Å². The van der Waals surface area contributed by atoms with E-state index in [1.807, 2.05) is 4.90 Å². The van der Waals surface area contributed by atoms with E-state index in [2.05, 4.69) is 14.7 Å². The van der Waals surface area contributed by atoms with Crippen molar-refractivity contribution in [3.8, 4) is 0 Å². The monoisotopic (exact) mass is 256 g/mol. The number of hydrogen-bond acceptors (Lipinski definition) is 5. The van der Waals surface area contributed by atoms with E-state index in [4.69, 9.17) is 0 Å². The number of sulfonamides is 1.